The molecule has 1 unspecified atom stereocenters. The van der Waals surface area contributed by atoms with Gasteiger partial charge in [-0.05, 0) is 37.5 Å². The molecule has 2 aliphatic carbocycles. The fourth-order valence-electron chi connectivity index (χ4n) is 4.86. The van der Waals surface area contributed by atoms with E-state index in [4.69, 9.17) is 27.9 Å². The molecule has 4 rings (SSSR count). The normalized spacial score (nSPS) is 20.6. The highest BCUT2D eigenvalue weighted by atomic mass is 35.5. The van der Waals surface area contributed by atoms with Crippen LogP contribution in [0.4, 0.5) is 10.1 Å². The number of hydrogen-bond donors (Lipinski definition) is 1. The van der Waals surface area contributed by atoms with Crippen molar-refractivity contribution in [2.75, 3.05) is 11.9 Å². The molecule has 1 aromatic carbocycles. The summed E-state index contributed by atoms with van der Waals surface area (Å²) in [7, 11) is 0. The van der Waals surface area contributed by atoms with Gasteiger partial charge in [-0.1, -0.05) is 54.6 Å². The minimum Gasteiger partial charge on any atom is -0.464 e. The average molecular weight is 534 g/mol. The molecule has 1 spiro atoms. The van der Waals surface area contributed by atoms with E-state index in [1.807, 2.05) is 0 Å². The minimum atomic E-state index is -1.76. The Morgan fingerprint density at radius 3 is 2.42 bits per heavy atom. The largest absolute Gasteiger partial charge is 0.464 e. The average Bonchev–Trinajstić information content (AvgIpc) is 2.87. The molecule has 190 valence electrons. The second-order valence-corrected chi connectivity index (χ2v) is 9.80. The monoisotopic (exact) mass is 533 g/mol. The standard InChI is InChI=1S/C26H26Cl2FN3O4/c1-2-36-25(35)19(32-22-21(29)23(33)26(22)10-4-3-5-11-26)12-15-6-8-16(9-7-15)31-24(34)20-17(27)13-30-14-18(20)28/h6-9,13-14,19,21H,2-5,10-12H2,1H3,(H,31,34)/t19-,21?/m0/s1. The number of benzene rings is 1. The van der Waals surface area contributed by atoms with E-state index in [1.165, 1.54) is 12.4 Å². The first-order valence-corrected chi connectivity index (χ1v) is 12.6. The number of halogens is 3. The zero-order chi connectivity index (χ0) is 25.9. The predicted octanol–water partition coefficient (Wildman–Crippen LogP) is 5.43. The second kappa shape index (κ2) is 11.0. The topological polar surface area (TPSA) is 97.7 Å². The van der Waals surface area contributed by atoms with Crippen molar-refractivity contribution in [2.45, 2.75) is 57.7 Å². The van der Waals surface area contributed by atoms with Crippen LogP contribution in [-0.4, -0.2) is 47.2 Å². The van der Waals surface area contributed by atoms with E-state index in [-0.39, 0.29) is 34.3 Å². The number of rotatable bonds is 7. The lowest BCUT2D eigenvalue weighted by atomic mass is 9.57. The van der Waals surface area contributed by atoms with Crippen LogP contribution in [-0.2, 0) is 20.7 Å². The molecule has 1 N–H and O–H groups in total. The molecule has 1 aromatic heterocycles. The van der Waals surface area contributed by atoms with E-state index in [0.717, 1.165) is 24.8 Å². The third-order valence-corrected chi connectivity index (χ3v) is 7.29. The maximum atomic E-state index is 14.6. The van der Waals surface area contributed by atoms with Gasteiger partial charge in [-0.3, -0.25) is 19.6 Å². The number of Topliss-reactive ketones (excluding diaryl/α,β-unsaturated/α-hetero) is 1. The summed E-state index contributed by atoms with van der Waals surface area (Å²) in [6, 6.07) is 5.82. The lowest BCUT2D eigenvalue weighted by molar-refractivity contribution is -0.145. The van der Waals surface area contributed by atoms with Gasteiger partial charge in [0, 0.05) is 24.5 Å². The van der Waals surface area contributed by atoms with Crippen molar-refractivity contribution in [3.05, 3.63) is 57.8 Å². The molecule has 1 heterocycles. The summed E-state index contributed by atoms with van der Waals surface area (Å²) in [6.07, 6.45) is 4.88. The third kappa shape index (κ3) is 5.15. The summed E-state index contributed by atoms with van der Waals surface area (Å²) in [5, 5.41) is 2.98. The van der Waals surface area contributed by atoms with Crippen molar-refractivity contribution in [1.29, 1.82) is 0 Å². The maximum absolute atomic E-state index is 14.6. The fraction of sp³-hybridized carbons (Fsp3) is 0.423. The van der Waals surface area contributed by atoms with Crippen LogP contribution in [0.3, 0.4) is 0 Å². The number of alkyl halides is 1. The highest BCUT2D eigenvalue weighted by molar-refractivity contribution is 6.40. The van der Waals surface area contributed by atoms with Gasteiger partial charge in [0.15, 0.2) is 18.0 Å². The van der Waals surface area contributed by atoms with Gasteiger partial charge in [0.25, 0.3) is 5.91 Å². The van der Waals surface area contributed by atoms with Gasteiger partial charge >= 0.3 is 5.97 Å². The number of carbonyl (C=O) groups is 3. The van der Waals surface area contributed by atoms with Crippen LogP contribution in [0, 0.1) is 5.41 Å². The molecule has 1 amide bonds. The number of ketones is 1. The van der Waals surface area contributed by atoms with Gasteiger partial charge in [0.1, 0.15) is 0 Å². The highest BCUT2D eigenvalue weighted by Crippen LogP contribution is 2.48. The molecule has 2 saturated carbocycles. The zero-order valence-corrected chi connectivity index (χ0v) is 21.2. The number of aliphatic imine (C=N–C) groups is 1. The van der Waals surface area contributed by atoms with E-state index in [0.29, 0.717) is 18.5 Å². The van der Waals surface area contributed by atoms with Crippen LogP contribution in [0.5, 0.6) is 0 Å². The number of pyridine rings is 1. The van der Waals surface area contributed by atoms with Gasteiger partial charge in [0.2, 0.25) is 0 Å². The summed E-state index contributed by atoms with van der Waals surface area (Å²) >= 11 is 12.1. The van der Waals surface area contributed by atoms with E-state index in [2.05, 4.69) is 15.3 Å². The molecule has 2 aromatic rings. The van der Waals surface area contributed by atoms with Crippen molar-refractivity contribution >= 4 is 52.3 Å². The molecule has 2 atom stereocenters. The summed E-state index contributed by atoms with van der Waals surface area (Å²) in [4.78, 5) is 46.0. The predicted molar refractivity (Wildman–Crippen MR) is 136 cm³/mol. The number of anilines is 1. The van der Waals surface area contributed by atoms with Crippen LogP contribution < -0.4 is 5.32 Å². The van der Waals surface area contributed by atoms with E-state index in [9.17, 15) is 18.8 Å². The lowest BCUT2D eigenvalue weighted by Gasteiger charge is -2.46. The summed E-state index contributed by atoms with van der Waals surface area (Å²) in [5.41, 5.74) is 0.644. The molecule has 2 aliphatic rings. The van der Waals surface area contributed by atoms with Gasteiger partial charge < -0.3 is 10.1 Å². The number of amides is 1. The number of carbonyl (C=O) groups excluding carboxylic acids is 3. The van der Waals surface area contributed by atoms with E-state index in [1.54, 1.807) is 31.2 Å². The molecular formula is C26H26Cl2FN3O4. The van der Waals surface area contributed by atoms with Crippen LogP contribution in [0.25, 0.3) is 0 Å². The molecule has 2 fully saturated rings. The first kappa shape index (κ1) is 26.2. The Kier molecular flexibility index (Phi) is 8.05. The molecule has 10 heteroatoms. The number of aromatic nitrogens is 1. The van der Waals surface area contributed by atoms with Crippen molar-refractivity contribution < 1.29 is 23.5 Å². The fourth-order valence-corrected chi connectivity index (χ4v) is 5.40. The van der Waals surface area contributed by atoms with Gasteiger partial charge in [0.05, 0.1) is 33.3 Å². The van der Waals surface area contributed by atoms with E-state index >= 15 is 0 Å². The SMILES string of the molecule is CCOC(=O)[C@H](Cc1ccc(NC(=O)c2c(Cl)cncc2Cl)cc1)N=C1C(F)C(=O)C12CCCCC2. The molecule has 36 heavy (non-hydrogen) atoms. The second-order valence-electron chi connectivity index (χ2n) is 8.99. The number of esters is 1. The maximum Gasteiger partial charge on any atom is 0.331 e. The Hall–Kier alpha value is -2.84. The van der Waals surface area contributed by atoms with Crippen molar-refractivity contribution in [3.8, 4) is 0 Å². The Balaban J connectivity index is 1.51. The summed E-state index contributed by atoms with van der Waals surface area (Å²) in [5.74, 6) is -1.47. The minimum absolute atomic E-state index is 0.114. The van der Waals surface area contributed by atoms with Crippen molar-refractivity contribution in [2.24, 2.45) is 10.4 Å². The Bertz CT molecular complexity index is 1180. The lowest BCUT2D eigenvalue weighted by Crippen LogP contribution is -2.61. The molecule has 0 saturated heterocycles. The quantitative estimate of drug-likeness (QED) is 0.478. The van der Waals surface area contributed by atoms with Gasteiger partial charge in [-0.15, -0.1) is 0 Å². The van der Waals surface area contributed by atoms with Gasteiger partial charge in [-0.25, -0.2) is 9.18 Å². The van der Waals surface area contributed by atoms with Crippen LogP contribution in [0.1, 0.15) is 54.9 Å². The first-order chi connectivity index (χ1) is 17.3. The smallest absolute Gasteiger partial charge is 0.331 e. The molecule has 0 bridgehead atoms. The summed E-state index contributed by atoms with van der Waals surface area (Å²) < 4.78 is 19.8. The number of ether oxygens (including phenoxy) is 1. The van der Waals surface area contributed by atoms with E-state index < -0.39 is 35.3 Å². The third-order valence-electron chi connectivity index (χ3n) is 6.71. The summed E-state index contributed by atoms with van der Waals surface area (Å²) in [6.45, 7) is 1.85. The molecule has 0 radical (unpaired) electrons. The van der Waals surface area contributed by atoms with Crippen LogP contribution in [0.15, 0.2) is 41.7 Å². The first-order valence-electron chi connectivity index (χ1n) is 11.9. The molecule has 7 nitrogen and oxygen atoms in total. The number of nitrogens with one attached hydrogen (secondary N) is 1. The Morgan fingerprint density at radius 1 is 1.17 bits per heavy atom. The van der Waals surface area contributed by atoms with Gasteiger partial charge in [-0.2, -0.15) is 0 Å². The Labute approximate surface area is 218 Å². The molecule has 0 aliphatic heterocycles. The van der Waals surface area contributed by atoms with Crippen LogP contribution in [0.2, 0.25) is 10.0 Å². The Morgan fingerprint density at radius 2 is 1.81 bits per heavy atom. The number of hydrogen-bond acceptors (Lipinski definition) is 6. The van der Waals surface area contributed by atoms with Crippen molar-refractivity contribution in [3.63, 3.8) is 0 Å². The number of nitrogens with zero attached hydrogens (tertiary/aromatic N) is 2. The van der Waals surface area contributed by atoms with Crippen molar-refractivity contribution in [1.82, 2.24) is 4.98 Å². The molecular weight excluding hydrogens is 508 g/mol. The zero-order valence-electron chi connectivity index (χ0n) is 19.7. The highest BCUT2D eigenvalue weighted by Gasteiger charge is 2.60. The van der Waals surface area contributed by atoms with Crippen LogP contribution >= 0.6 is 23.2 Å².